The van der Waals surface area contributed by atoms with Gasteiger partial charge in [-0.1, -0.05) is 64.1 Å². The van der Waals surface area contributed by atoms with E-state index in [1.54, 1.807) is 25.1 Å². The van der Waals surface area contributed by atoms with E-state index in [0.717, 1.165) is 16.9 Å². The lowest BCUT2D eigenvalue weighted by Gasteiger charge is -2.24. The van der Waals surface area contributed by atoms with Crippen molar-refractivity contribution in [2.24, 2.45) is 0 Å². The molecular weight excluding hydrogens is 406 g/mol. The highest BCUT2D eigenvalue weighted by molar-refractivity contribution is 6.10. The summed E-state index contributed by atoms with van der Waals surface area (Å²) in [7, 11) is 0. The van der Waals surface area contributed by atoms with Crippen molar-refractivity contribution in [1.29, 1.82) is 0 Å². The Bertz CT molecular complexity index is 1010. The van der Waals surface area contributed by atoms with Gasteiger partial charge >= 0.3 is 6.03 Å². The Kier molecular flexibility index (Phi) is 6.57. The number of imide groups is 1. The predicted octanol–water partition coefficient (Wildman–Crippen LogP) is 4.18. The number of ether oxygens (including phenoxy) is 1. The second kappa shape index (κ2) is 9.02. The molecule has 1 unspecified atom stereocenters. The zero-order chi connectivity index (χ0) is 23.5. The Hall–Kier alpha value is -3.35. The van der Waals surface area contributed by atoms with E-state index in [4.69, 9.17) is 4.74 Å². The summed E-state index contributed by atoms with van der Waals surface area (Å²) in [6.45, 7) is 10.1. The first-order chi connectivity index (χ1) is 15.1. The van der Waals surface area contributed by atoms with Crippen LogP contribution >= 0.6 is 0 Å². The number of amides is 4. The number of carbonyl (C=O) groups excluding carboxylic acids is 3. The molecule has 2 N–H and O–H groups in total. The number of nitrogens with one attached hydrogen (secondary N) is 2. The Morgan fingerprint density at radius 3 is 2.38 bits per heavy atom. The summed E-state index contributed by atoms with van der Waals surface area (Å²) in [6.07, 6.45) is 0.833. The van der Waals surface area contributed by atoms with Crippen molar-refractivity contribution in [3.8, 4) is 5.75 Å². The maximum absolute atomic E-state index is 13.2. The van der Waals surface area contributed by atoms with Gasteiger partial charge in [0.05, 0.1) is 12.3 Å². The fourth-order valence-electron chi connectivity index (χ4n) is 3.58. The fourth-order valence-corrected chi connectivity index (χ4v) is 3.58. The van der Waals surface area contributed by atoms with Crippen LogP contribution in [0.2, 0.25) is 0 Å². The van der Waals surface area contributed by atoms with E-state index in [9.17, 15) is 14.4 Å². The largest absolute Gasteiger partial charge is 0.491 e. The first kappa shape index (κ1) is 23.3. The minimum Gasteiger partial charge on any atom is -0.491 e. The van der Waals surface area contributed by atoms with Gasteiger partial charge in [0.2, 0.25) is 5.91 Å². The third-order valence-corrected chi connectivity index (χ3v) is 5.53. The number of anilines is 1. The maximum atomic E-state index is 13.2. The van der Waals surface area contributed by atoms with Gasteiger partial charge in [-0.2, -0.15) is 0 Å². The van der Waals surface area contributed by atoms with Crippen molar-refractivity contribution < 1.29 is 19.1 Å². The number of hydrogen-bond acceptors (Lipinski definition) is 4. The first-order valence-electron chi connectivity index (χ1n) is 10.8. The van der Waals surface area contributed by atoms with Gasteiger partial charge in [0.15, 0.2) is 0 Å². The first-order valence-corrected chi connectivity index (χ1v) is 10.8. The fraction of sp³-hybridized carbons (Fsp3) is 0.400. The van der Waals surface area contributed by atoms with Crippen LogP contribution in [0.3, 0.4) is 0 Å². The summed E-state index contributed by atoms with van der Waals surface area (Å²) in [6, 6.07) is 14.1. The molecule has 0 radical (unpaired) electrons. The molecule has 1 heterocycles. The second-order valence-electron chi connectivity index (χ2n) is 9.17. The monoisotopic (exact) mass is 437 g/mol. The van der Waals surface area contributed by atoms with Crippen LogP contribution in [0.4, 0.5) is 10.5 Å². The molecular formula is C25H31N3O4. The topological polar surface area (TPSA) is 87.7 Å². The zero-order valence-electron chi connectivity index (χ0n) is 19.3. The number of nitrogens with zero attached hydrogens (tertiary/aromatic N) is 1. The lowest BCUT2D eigenvalue weighted by atomic mass is 9.84. The quantitative estimate of drug-likeness (QED) is 0.636. The Labute approximate surface area is 189 Å². The van der Waals surface area contributed by atoms with E-state index in [2.05, 4.69) is 31.4 Å². The van der Waals surface area contributed by atoms with Crippen molar-refractivity contribution in [1.82, 2.24) is 10.2 Å². The molecule has 0 bridgehead atoms. The maximum Gasteiger partial charge on any atom is 0.325 e. The van der Waals surface area contributed by atoms with Crippen LogP contribution in [0.5, 0.6) is 5.75 Å². The third-order valence-electron chi connectivity index (χ3n) is 5.53. The van der Waals surface area contributed by atoms with Gasteiger partial charge < -0.3 is 15.4 Å². The van der Waals surface area contributed by atoms with E-state index < -0.39 is 23.4 Å². The van der Waals surface area contributed by atoms with Crippen LogP contribution in [0.1, 0.15) is 52.2 Å². The smallest absolute Gasteiger partial charge is 0.325 e. The van der Waals surface area contributed by atoms with Crippen molar-refractivity contribution >= 4 is 23.5 Å². The molecule has 170 valence electrons. The summed E-state index contributed by atoms with van der Waals surface area (Å²) in [5, 5.41) is 5.49. The Balaban J connectivity index is 1.73. The van der Waals surface area contributed by atoms with Crippen molar-refractivity contribution in [2.75, 3.05) is 18.5 Å². The van der Waals surface area contributed by atoms with Gasteiger partial charge in [0.1, 0.15) is 17.8 Å². The molecule has 3 rings (SSSR count). The minimum absolute atomic E-state index is 0.0242. The SMILES string of the molecule is CCCOc1ccccc1NC(=O)CN1C(=O)NC(C)(c2ccc(C(C)(C)C)cc2)C1=O. The standard InChI is InChI=1S/C25H31N3O4/c1-6-15-32-20-10-8-7-9-19(20)26-21(29)16-28-22(30)25(5,27-23(28)31)18-13-11-17(12-14-18)24(2,3)4/h7-14H,6,15-16H2,1-5H3,(H,26,29)(H,27,31). The number of benzene rings is 2. The Morgan fingerprint density at radius 1 is 1.09 bits per heavy atom. The van der Waals surface area contributed by atoms with E-state index in [1.807, 2.05) is 37.3 Å². The number of rotatable bonds is 7. The van der Waals surface area contributed by atoms with Crippen molar-refractivity contribution in [3.63, 3.8) is 0 Å². The average molecular weight is 438 g/mol. The zero-order valence-corrected chi connectivity index (χ0v) is 19.3. The van der Waals surface area contributed by atoms with Crippen LogP contribution in [-0.4, -0.2) is 35.9 Å². The number of urea groups is 1. The summed E-state index contributed by atoms with van der Waals surface area (Å²) >= 11 is 0. The molecule has 2 aromatic carbocycles. The van der Waals surface area contributed by atoms with E-state index in [0.29, 0.717) is 23.6 Å². The molecule has 7 nitrogen and oxygen atoms in total. The van der Waals surface area contributed by atoms with Gasteiger partial charge in [-0.25, -0.2) is 4.79 Å². The molecule has 0 aromatic heterocycles. The van der Waals surface area contributed by atoms with Gasteiger partial charge in [-0.3, -0.25) is 14.5 Å². The summed E-state index contributed by atoms with van der Waals surface area (Å²) in [5.74, 6) is -0.395. The predicted molar refractivity (Wildman–Crippen MR) is 124 cm³/mol. The molecule has 1 aliphatic rings. The third kappa shape index (κ3) is 4.77. The van der Waals surface area contributed by atoms with E-state index in [-0.39, 0.29) is 12.0 Å². The summed E-state index contributed by atoms with van der Waals surface area (Å²) < 4.78 is 5.65. The van der Waals surface area contributed by atoms with E-state index >= 15 is 0 Å². The summed E-state index contributed by atoms with van der Waals surface area (Å²) in [4.78, 5) is 39.3. The van der Waals surface area contributed by atoms with Gasteiger partial charge in [0, 0.05) is 0 Å². The van der Waals surface area contributed by atoms with Crippen LogP contribution in [-0.2, 0) is 20.5 Å². The lowest BCUT2D eigenvalue weighted by molar-refractivity contribution is -0.133. The molecule has 0 saturated carbocycles. The normalized spacial score (nSPS) is 18.5. The molecule has 0 aliphatic carbocycles. The second-order valence-corrected chi connectivity index (χ2v) is 9.17. The number of hydrogen-bond donors (Lipinski definition) is 2. The number of para-hydroxylation sites is 2. The molecule has 1 saturated heterocycles. The van der Waals surface area contributed by atoms with Crippen LogP contribution in [0.25, 0.3) is 0 Å². The van der Waals surface area contributed by atoms with Gasteiger partial charge in [-0.05, 0) is 42.0 Å². The highest BCUT2D eigenvalue weighted by Crippen LogP contribution is 2.31. The summed E-state index contributed by atoms with van der Waals surface area (Å²) in [5.41, 5.74) is 1.05. The molecule has 4 amide bonds. The average Bonchev–Trinajstić information content (AvgIpc) is 2.96. The molecule has 0 spiro atoms. The molecule has 1 atom stereocenters. The molecule has 1 fully saturated rings. The van der Waals surface area contributed by atoms with E-state index in [1.165, 1.54) is 0 Å². The van der Waals surface area contributed by atoms with Gasteiger partial charge in [0.25, 0.3) is 5.91 Å². The molecule has 32 heavy (non-hydrogen) atoms. The molecule has 2 aromatic rings. The highest BCUT2D eigenvalue weighted by atomic mass is 16.5. The lowest BCUT2D eigenvalue weighted by Crippen LogP contribution is -2.42. The van der Waals surface area contributed by atoms with Crippen LogP contribution in [0, 0.1) is 0 Å². The van der Waals surface area contributed by atoms with Crippen LogP contribution in [0.15, 0.2) is 48.5 Å². The van der Waals surface area contributed by atoms with Crippen molar-refractivity contribution in [2.45, 2.75) is 52.0 Å². The van der Waals surface area contributed by atoms with Crippen LogP contribution < -0.4 is 15.4 Å². The van der Waals surface area contributed by atoms with Gasteiger partial charge in [-0.15, -0.1) is 0 Å². The molecule has 1 aliphatic heterocycles. The number of carbonyl (C=O) groups is 3. The minimum atomic E-state index is -1.23. The Morgan fingerprint density at radius 2 is 1.75 bits per heavy atom. The van der Waals surface area contributed by atoms with Crippen molar-refractivity contribution in [3.05, 3.63) is 59.7 Å². The highest BCUT2D eigenvalue weighted by Gasteiger charge is 2.49. The molecule has 7 heteroatoms.